The maximum atomic E-state index is 2.51. The molecule has 2 aliphatic rings. The second-order valence-corrected chi connectivity index (χ2v) is 14.2. The van der Waals surface area contributed by atoms with Crippen molar-refractivity contribution in [2.45, 2.75) is 199 Å². The lowest BCUT2D eigenvalue weighted by atomic mass is 9.68. The fourth-order valence-electron chi connectivity index (χ4n) is 7.46. The van der Waals surface area contributed by atoms with Crippen LogP contribution >= 0.6 is 0 Å². The zero-order valence-electron chi connectivity index (χ0n) is 30.2. The highest BCUT2D eigenvalue weighted by Gasteiger charge is 2.43. The standard InChI is InChI=1S/C16H30.C11H24.C10H22.C2H6/c1-5-11(3)14-7-8-15-12(4)9-13(6-2)16(15)10-14;1-5-7-9-11(8-6-2)10(3)4;1-4-5-6-7-8-9-10(2)3;1-2/h11-16H,5-10H2,1-4H3;10-11H,5-9H2,1-4H3;10H,4-9H2,1-3H3;1-2H3. The summed E-state index contributed by atoms with van der Waals surface area (Å²) in [5, 5.41) is 0. The van der Waals surface area contributed by atoms with Crippen LogP contribution in [0.4, 0.5) is 0 Å². The van der Waals surface area contributed by atoms with Crippen LogP contribution in [0.3, 0.4) is 0 Å². The van der Waals surface area contributed by atoms with E-state index in [1.165, 1.54) is 103 Å². The number of fused-ring (bicyclic) bond motifs is 1. The van der Waals surface area contributed by atoms with Gasteiger partial charge in [0.2, 0.25) is 0 Å². The van der Waals surface area contributed by atoms with E-state index in [2.05, 4.69) is 76.2 Å². The van der Waals surface area contributed by atoms with Crippen LogP contribution in [0.1, 0.15) is 199 Å². The van der Waals surface area contributed by atoms with Gasteiger partial charge in [-0.2, -0.15) is 0 Å². The summed E-state index contributed by atoms with van der Waals surface area (Å²) >= 11 is 0. The van der Waals surface area contributed by atoms with Crippen molar-refractivity contribution in [3.63, 3.8) is 0 Å². The van der Waals surface area contributed by atoms with Gasteiger partial charge in [-0.15, -0.1) is 0 Å². The maximum absolute atomic E-state index is 2.51. The molecule has 2 saturated carbocycles. The topological polar surface area (TPSA) is 0 Å². The van der Waals surface area contributed by atoms with Crippen molar-refractivity contribution in [3.05, 3.63) is 0 Å². The van der Waals surface area contributed by atoms with Gasteiger partial charge in [0.1, 0.15) is 0 Å². The van der Waals surface area contributed by atoms with Crippen LogP contribution in [-0.4, -0.2) is 0 Å². The van der Waals surface area contributed by atoms with Gasteiger partial charge in [-0.25, -0.2) is 0 Å². The predicted octanol–water partition coefficient (Wildman–Crippen LogP) is 14.4. The van der Waals surface area contributed by atoms with Gasteiger partial charge in [0.05, 0.1) is 0 Å². The molecule has 0 heterocycles. The van der Waals surface area contributed by atoms with Crippen molar-refractivity contribution in [1.82, 2.24) is 0 Å². The lowest BCUT2D eigenvalue weighted by Gasteiger charge is -2.38. The second-order valence-electron chi connectivity index (χ2n) is 14.2. The molecule has 2 aliphatic carbocycles. The van der Waals surface area contributed by atoms with Gasteiger partial charge in [-0.3, -0.25) is 0 Å². The van der Waals surface area contributed by atoms with Crippen molar-refractivity contribution in [1.29, 1.82) is 0 Å². The van der Waals surface area contributed by atoms with Crippen LogP contribution in [0.25, 0.3) is 0 Å². The minimum absolute atomic E-state index is 0.890. The molecular formula is C39H82. The number of unbranched alkanes of at least 4 members (excludes halogenated alkanes) is 5. The molecule has 0 saturated heterocycles. The van der Waals surface area contributed by atoms with E-state index < -0.39 is 0 Å². The summed E-state index contributed by atoms with van der Waals surface area (Å²) in [6, 6.07) is 0. The van der Waals surface area contributed by atoms with Gasteiger partial charge in [-0.05, 0) is 78.9 Å². The monoisotopic (exact) mass is 551 g/mol. The van der Waals surface area contributed by atoms with Gasteiger partial charge in [-0.1, -0.05) is 173 Å². The molecule has 0 aliphatic heterocycles. The summed E-state index contributed by atoms with van der Waals surface area (Å²) in [5.74, 6) is 9.06. The van der Waals surface area contributed by atoms with E-state index in [4.69, 9.17) is 0 Å². The van der Waals surface area contributed by atoms with E-state index in [0.717, 1.165) is 53.3 Å². The Bertz CT molecular complexity index is 476. The van der Waals surface area contributed by atoms with Crippen LogP contribution in [0, 0.1) is 53.3 Å². The van der Waals surface area contributed by atoms with Gasteiger partial charge in [0, 0.05) is 0 Å². The summed E-state index contributed by atoms with van der Waals surface area (Å²) in [4.78, 5) is 0. The Balaban J connectivity index is 0. The lowest BCUT2D eigenvalue weighted by molar-refractivity contribution is 0.121. The largest absolute Gasteiger partial charge is 0.0683 e. The lowest BCUT2D eigenvalue weighted by Crippen LogP contribution is -2.29. The fourth-order valence-corrected chi connectivity index (χ4v) is 7.46. The Morgan fingerprint density at radius 1 is 0.615 bits per heavy atom. The van der Waals surface area contributed by atoms with Crippen LogP contribution in [-0.2, 0) is 0 Å². The molecule has 238 valence electrons. The minimum Gasteiger partial charge on any atom is -0.0683 e. The second kappa shape index (κ2) is 26.9. The highest BCUT2D eigenvalue weighted by molar-refractivity contribution is 4.93. The van der Waals surface area contributed by atoms with E-state index in [1.54, 1.807) is 6.42 Å². The molecule has 0 aromatic heterocycles. The zero-order valence-corrected chi connectivity index (χ0v) is 30.2. The molecule has 7 unspecified atom stereocenters. The Kier molecular flexibility index (Phi) is 28.3. The quantitative estimate of drug-likeness (QED) is 0.178. The molecular weight excluding hydrogens is 468 g/mol. The third kappa shape index (κ3) is 18.9. The molecule has 2 rings (SSSR count). The van der Waals surface area contributed by atoms with Crippen LogP contribution < -0.4 is 0 Å². The predicted molar refractivity (Wildman–Crippen MR) is 184 cm³/mol. The summed E-state index contributed by atoms with van der Waals surface area (Å²) in [6.07, 6.45) is 24.5. The van der Waals surface area contributed by atoms with Gasteiger partial charge >= 0.3 is 0 Å². The number of hydrogen-bond acceptors (Lipinski definition) is 0. The molecule has 0 spiro atoms. The third-order valence-corrected chi connectivity index (χ3v) is 10.4. The summed E-state index contributed by atoms with van der Waals surface area (Å²) in [6.45, 7) is 29.9. The van der Waals surface area contributed by atoms with E-state index in [0.29, 0.717) is 0 Å². The molecule has 0 bridgehead atoms. The molecule has 7 atom stereocenters. The smallest absolute Gasteiger partial charge is 0.0352 e. The normalized spacial score (nSPS) is 25.5. The Labute approximate surface area is 252 Å². The first-order valence-corrected chi connectivity index (χ1v) is 18.7. The van der Waals surface area contributed by atoms with E-state index in [9.17, 15) is 0 Å². The molecule has 39 heavy (non-hydrogen) atoms. The van der Waals surface area contributed by atoms with Gasteiger partial charge in [0.15, 0.2) is 0 Å². The number of rotatable bonds is 15. The molecule has 0 aromatic carbocycles. The van der Waals surface area contributed by atoms with Gasteiger partial charge < -0.3 is 0 Å². The van der Waals surface area contributed by atoms with Crippen molar-refractivity contribution < 1.29 is 0 Å². The molecule has 0 amide bonds. The molecule has 0 N–H and O–H groups in total. The van der Waals surface area contributed by atoms with Crippen LogP contribution in [0.15, 0.2) is 0 Å². The van der Waals surface area contributed by atoms with E-state index >= 15 is 0 Å². The average molecular weight is 551 g/mol. The summed E-state index contributed by atoms with van der Waals surface area (Å²) in [5.41, 5.74) is 0. The molecule has 0 heteroatoms. The first-order valence-electron chi connectivity index (χ1n) is 18.7. The Morgan fingerprint density at radius 3 is 1.72 bits per heavy atom. The van der Waals surface area contributed by atoms with Crippen molar-refractivity contribution in [3.8, 4) is 0 Å². The summed E-state index contributed by atoms with van der Waals surface area (Å²) < 4.78 is 0. The molecule has 0 nitrogen and oxygen atoms in total. The molecule has 0 aromatic rings. The Hall–Kier alpha value is 0. The molecule has 0 radical (unpaired) electrons. The van der Waals surface area contributed by atoms with Crippen molar-refractivity contribution in [2.75, 3.05) is 0 Å². The van der Waals surface area contributed by atoms with Crippen molar-refractivity contribution >= 4 is 0 Å². The minimum atomic E-state index is 0.890. The fraction of sp³-hybridized carbons (Fsp3) is 1.00. The SMILES string of the molecule is CC.CCC(C)C1CCC2C(C)CC(CC)C2C1.CCCCC(CCC)C(C)C.CCCCCCCC(C)C. The van der Waals surface area contributed by atoms with Gasteiger partial charge in [0.25, 0.3) is 0 Å². The van der Waals surface area contributed by atoms with Crippen LogP contribution in [0.2, 0.25) is 0 Å². The number of hydrogen-bond donors (Lipinski definition) is 0. The Morgan fingerprint density at radius 2 is 1.23 bits per heavy atom. The molecule has 2 fully saturated rings. The third-order valence-electron chi connectivity index (χ3n) is 10.4. The average Bonchev–Trinajstić information content (AvgIpc) is 3.26. The first kappa shape index (κ1) is 41.1. The highest BCUT2D eigenvalue weighted by atomic mass is 14.5. The summed E-state index contributed by atoms with van der Waals surface area (Å²) in [7, 11) is 0. The van der Waals surface area contributed by atoms with E-state index in [1.807, 2.05) is 13.8 Å². The van der Waals surface area contributed by atoms with Crippen LogP contribution in [0.5, 0.6) is 0 Å². The zero-order chi connectivity index (χ0) is 30.2. The van der Waals surface area contributed by atoms with E-state index in [-0.39, 0.29) is 0 Å². The highest BCUT2D eigenvalue weighted by Crippen LogP contribution is 2.52. The first-order chi connectivity index (χ1) is 18.7. The maximum Gasteiger partial charge on any atom is -0.0352 e. The van der Waals surface area contributed by atoms with Crippen molar-refractivity contribution in [2.24, 2.45) is 53.3 Å².